The average Bonchev–Trinajstić information content (AvgIpc) is 2.71. The van der Waals surface area contributed by atoms with E-state index in [2.05, 4.69) is 10.0 Å². The molecule has 0 saturated carbocycles. The fourth-order valence-electron chi connectivity index (χ4n) is 3.14. The van der Waals surface area contributed by atoms with Crippen LogP contribution in [0.2, 0.25) is 0 Å². The first-order valence-electron chi connectivity index (χ1n) is 9.58. The molecule has 10 nitrogen and oxygen atoms in total. The zero-order valence-electron chi connectivity index (χ0n) is 17.0. The first-order chi connectivity index (χ1) is 15.0. The number of rotatable bonds is 8. The zero-order valence-corrected chi connectivity index (χ0v) is 18.6. The molecule has 3 N–H and O–H groups in total. The number of carbonyl (C=O) groups is 1. The molecule has 1 unspecified atom stereocenters. The van der Waals surface area contributed by atoms with E-state index in [-0.39, 0.29) is 40.9 Å². The third kappa shape index (κ3) is 5.47. The van der Waals surface area contributed by atoms with Crippen molar-refractivity contribution in [3.8, 4) is 5.75 Å². The van der Waals surface area contributed by atoms with Gasteiger partial charge in [0.2, 0.25) is 10.0 Å². The van der Waals surface area contributed by atoms with Gasteiger partial charge in [-0.25, -0.2) is 30.7 Å². The van der Waals surface area contributed by atoms with Gasteiger partial charge in [-0.3, -0.25) is 9.62 Å². The Bertz CT molecular complexity index is 1200. The van der Waals surface area contributed by atoms with Crippen LogP contribution in [0.5, 0.6) is 5.75 Å². The quantitative estimate of drug-likeness (QED) is 0.518. The Kier molecular flexibility index (Phi) is 6.91. The predicted octanol–water partition coefficient (Wildman–Crippen LogP) is 2.20. The molecule has 174 valence electrons. The number of hydrogen-bond acceptors (Lipinski definition) is 6. The summed E-state index contributed by atoms with van der Waals surface area (Å²) in [6.45, 7) is 1.29. The number of halogens is 1. The number of fused-ring (bicyclic) bond motifs is 1. The number of anilines is 2. The summed E-state index contributed by atoms with van der Waals surface area (Å²) in [5.41, 5.74) is 0.175. The summed E-state index contributed by atoms with van der Waals surface area (Å²) in [6.07, 6.45) is -1.78. The molecule has 0 aromatic heterocycles. The highest BCUT2D eigenvalue weighted by atomic mass is 32.2. The van der Waals surface area contributed by atoms with Gasteiger partial charge >= 0.3 is 6.09 Å². The summed E-state index contributed by atoms with van der Waals surface area (Å²) in [7, 11) is -7.75. The smallest absolute Gasteiger partial charge is 0.409 e. The highest BCUT2D eigenvalue weighted by molar-refractivity contribution is 7.92. The van der Waals surface area contributed by atoms with Crippen molar-refractivity contribution < 1.29 is 35.9 Å². The van der Waals surface area contributed by atoms with Crippen LogP contribution in [0.4, 0.5) is 20.6 Å². The number of nitrogens with one attached hydrogen (secondary N) is 2. The molecule has 1 atom stereocenters. The van der Waals surface area contributed by atoms with Crippen LogP contribution in [0.15, 0.2) is 47.4 Å². The molecule has 0 spiro atoms. The van der Waals surface area contributed by atoms with Gasteiger partial charge in [-0.05, 0) is 48.9 Å². The minimum atomic E-state index is -4.20. The first kappa shape index (κ1) is 23.8. The van der Waals surface area contributed by atoms with E-state index in [4.69, 9.17) is 9.84 Å². The van der Waals surface area contributed by atoms with Gasteiger partial charge in [-0.2, -0.15) is 0 Å². The molecule has 0 saturated heterocycles. The van der Waals surface area contributed by atoms with Gasteiger partial charge < -0.3 is 9.84 Å². The summed E-state index contributed by atoms with van der Waals surface area (Å²) in [5.74, 6) is -0.571. The summed E-state index contributed by atoms with van der Waals surface area (Å²) in [6, 6.07) is 8.30. The maximum atomic E-state index is 13.3. The van der Waals surface area contributed by atoms with E-state index in [0.717, 1.165) is 28.6 Å². The number of hydrogen-bond donors (Lipinski definition) is 3. The average molecular weight is 488 g/mol. The van der Waals surface area contributed by atoms with Gasteiger partial charge in [0.25, 0.3) is 10.0 Å². The Hall–Kier alpha value is -2.90. The molecule has 2 aromatic rings. The summed E-state index contributed by atoms with van der Waals surface area (Å²) in [4.78, 5) is 10.8. The van der Waals surface area contributed by atoms with E-state index >= 15 is 0 Å². The van der Waals surface area contributed by atoms with E-state index in [1.165, 1.54) is 18.2 Å². The number of ether oxygens (including phenoxy) is 1. The Morgan fingerprint density at radius 2 is 1.88 bits per heavy atom. The van der Waals surface area contributed by atoms with Crippen LogP contribution in [0.25, 0.3) is 0 Å². The highest BCUT2D eigenvalue weighted by Crippen LogP contribution is 2.39. The van der Waals surface area contributed by atoms with Gasteiger partial charge in [0.15, 0.2) is 0 Å². The van der Waals surface area contributed by atoms with Gasteiger partial charge in [-0.1, -0.05) is 6.92 Å². The van der Waals surface area contributed by atoms with Crippen molar-refractivity contribution in [3.63, 3.8) is 0 Å². The maximum Gasteiger partial charge on any atom is 0.409 e. The molecular weight excluding hydrogens is 465 g/mol. The fourth-order valence-corrected chi connectivity index (χ4v) is 5.76. The lowest BCUT2D eigenvalue weighted by Crippen LogP contribution is -2.48. The third-order valence-electron chi connectivity index (χ3n) is 4.55. The van der Waals surface area contributed by atoms with Crippen LogP contribution in [0.3, 0.4) is 0 Å². The van der Waals surface area contributed by atoms with Crippen molar-refractivity contribution in [1.29, 1.82) is 0 Å². The molecule has 0 radical (unpaired) electrons. The summed E-state index contributed by atoms with van der Waals surface area (Å²) >= 11 is 0. The molecule has 1 aliphatic heterocycles. The molecule has 1 aliphatic rings. The molecule has 0 aliphatic carbocycles. The lowest BCUT2D eigenvalue weighted by atomic mass is 10.2. The molecule has 13 heteroatoms. The Balaban J connectivity index is 1.98. The summed E-state index contributed by atoms with van der Waals surface area (Å²) < 4.78 is 73.1. The molecule has 2 aromatic carbocycles. The standard InChI is InChI=1S/C19H22FN3O7S2/c1-2-9-31(26,27)21-11-15-12-23(32(28,29)16-6-3-13(20)4-7-16)17-10-14(22-19(24)25)5-8-18(17)30-15/h3-8,10,15,21-22H,2,9,11-12H2,1H3,(H,24,25). The van der Waals surface area contributed by atoms with E-state index in [0.29, 0.717) is 6.42 Å². The second-order valence-electron chi connectivity index (χ2n) is 7.01. The van der Waals surface area contributed by atoms with Crippen molar-refractivity contribution in [2.24, 2.45) is 0 Å². The van der Waals surface area contributed by atoms with E-state index in [1.807, 2.05) is 0 Å². The molecule has 32 heavy (non-hydrogen) atoms. The predicted molar refractivity (Wildman–Crippen MR) is 116 cm³/mol. The van der Waals surface area contributed by atoms with Gasteiger partial charge in [-0.15, -0.1) is 0 Å². The molecule has 1 heterocycles. The van der Waals surface area contributed by atoms with Gasteiger partial charge in [0.1, 0.15) is 17.7 Å². The van der Waals surface area contributed by atoms with Crippen molar-refractivity contribution >= 4 is 37.5 Å². The van der Waals surface area contributed by atoms with Gasteiger partial charge in [0.05, 0.1) is 22.9 Å². The molecule has 3 rings (SSSR count). The Labute approximate surface area is 185 Å². The van der Waals surface area contributed by atoms with E-state index in [1.54, 1.807) is 6.92 Å². The van der Waals surface area contributed by atoms with Crippen molar-refractivity contribution in [3.05, 3.63) is 48.3 Å². The van der Waals surface area contributed by atoms with Crippen LogP contribution in [0, 0.1) is 5.82 Å². The van der Waals surface area contributed by atoms with Crippen molar-refractivity contribution in [1.82, 2.24) is 4.72 Å². The fraction of sp³-hybridized carbons (Fsp3) is 0.316. The minimum Gasteiger partial charge on any atom is -0.485 e. The molecular formula is C19H22FN3O7S2. The molecule has 0 fully saturated rings. The molecule has 0 bridgehead atoms. The normalized spacial score (nSPS) is 16.2. The number of carboxylic acid groups (broad SMARTS) is 1. The van der Waals surface area contributed by atoms with Crippen LogP contribution in [-0.2, 0) is 20.0 Å². The van der Waals surface area contributed by atoms with E-state index in [9.17, 15) is 26.0 Å². The SMILES string of the molecule is CCCS(=O)(=O)NCC1CN(S(=O)(=O)c2ccc(F)cc2)c2cc(NC(=O)O)ccc2O1. The topological polar surface area (TPSA) is 142 Å². The Morgan fingerprint density at radius 3 is 2.50 bits per heavy atom. The van der Waals surface area contributed by atoms with Crippen molar-refractivity contribution in [2.45, 2.75) is 24.3 Å². The van der Waals surface area contributed by atoms with E-state index < -0.39 is 38.1 Å². The Morgan fingerprint density at radius 1 is 1.19 bits per heavy atom. The highest BCUT2D eigenvalue weighted by Gasteiger charge is 2.35. The number of sulfonamides is 2. The van der Waals surface area contributed by atoms with Crippen LogP contribution >= 0.6 is 0 Å². The lowest BCUT2D eigenvalue weighted by Gasteiger charge is -2.35. The third-order valence-corrected chi connectivity index (χ3v) is 7.89. The second kappa shape index (κ2) is 9.30. The largest absolute Gasteiger partial charge is 0.485 e. The minimum absolute atomic E-state index is 0.0632. The second-order valence-corrected chi connectivity index (χ2v) is 10.8. The monoisotopic (exact) mass is 487 g/mol. The lowest BCUT2D eigenvalue weighted by molar-refractivity contribution is 0.203. The number of benzene rings is 2. The van der Waals surface area contributed by atoms with Crippen LogP contribution in [-0.4, -0.2) is 53.0 Å². The van der Waals surface area contributed by atoms with Crippen LogP contribution in [0.1, 0.15) is 13.3 Å². The zero-order chi connectivity index (χ0) is 23.5. The number of amides is 1. The summed E-state index contributed by atoms with van der Waals surface area (Å²) in [5, 5.41) is 11.1. The first-order valence-corrected chi connectivity index (χ1v) is 12.7. The van der Waals surface area contributed by atoms with Crippen LogP contribution < -0.4 is 19.1 Å². The maximum absolute atomic E-state index is 13.3. The van der Waals surface area contributed by atoms with Crippen molar-refractivity contribution in [2.75, 3.05) is 28.5 Å². The number of nitrogens with zero attached hydrogens (tertiary/aromatic N) is 1. The van der Waals surface area contributed by atoms with Gasteiger partial charge in [0, 0.05) is 12.2 Å². The molecule has 1 amide bonds.